The summed E-state index contributed by atoms with van der Waals surface area (Å²) in [7, 11) is 0. The Balaban J connectivity index is 0.924. The van der Waals surface area contributed by atoms with Gasteiger partial charge in [-0.1, -0.05) is 38.1 Å². The Labute approximate surface area is 348 Å². The van der Waals surface area contributed by atoms with Gasteiger partial charge in [-0.25, -0.2) is 39.5 Å². The Hall–Kier alpha value is -6.66. The van der Waals surface area contributed by atoms with Crippen LogP contribution in [0.5, 0.6) is 11.5 Å². The van der Waals surface area contributed by atoms with Gasteiger partial charge in [0.2, 0.25) is 11.9 Å². The number of carbonyl (C=O) groups excluding carboxylic acids is 2. The minimum atomic E-state index is -1.20. The van der Waals surface area contributed by atoms with Gasteiger partial charge in [0.1, 0.15) is 23.8 Å². The molecule has 2 aromatic carbocycles. The number of rotatable bonds is 12. The number of benzene rings is 2. The van der Waals surface area contributed by atoms with E-state index < -0.39 is 24.5 Å². The summed E-state index contributed by atoms with van der Waals surface area (Å²) >= 11 is 0. The van der Waals surface area contributed by atoms with Crippen molar-refractivity contribution in [2.75, 3.05) is 72.8 Å². The monoisotopic (exact) mass is 816 g/mol. The minimum Gasteiger partial charge on any atom is -0.445 e. The van der Waals surface area contributed by atoms with E-state index in [0.717, 1.165) is 64.5 Å². The number of anilines is 4. The molecule has 4 aromatic rings. The van der Waals surface area contributed by atoms with Crippen LogP contribution >= 0.6 is 0 Å². The summed E-state index contributed by atoms with van der Waals surface area (Å²) in [4.78, 5) is 63.0. The van der Waals surface area contributed by atoms with Gasteiger partial charge >= 0.3 is 24.5 Å². The zero-order valence-corrected chi connectivity index (χ0v) is 33.5. The molecule has 18 nitrogen and oxygen atoms in total. The molecule has 0 bridgehead atoms. The van der Waals surface area contributed by atoms with Crippen LogP contribution in [0.25, 0.3) is 0 Å². The molecule has 4 atom stereocenters. The maximum Gasteiger partial charge on any atom is 0.334 e. The van der Waals surface area contributed by atoms with Crippen molar-refractivity contribution in [3.63, 3.8) is 0 Å². The third kappa shape index (κ3) is 9.61. The summed E-state index contributed by atoms with van der Waals surface area (Å²) in [5.41, 5.74) is 1.39. The van der Waals surface area contributed by atoms with Gasteiger partial charge in [-0.05, 0) is 49.2 Å². The van der Waals surface area contributed by atoms with E-state index in [-0.39, 0.29) is 12.3 Å². The zero-order valence-electron chi connectivity index (χ0n) is 33.5. The van der Waals surface area contributed by atoms with Crippen molar-refractivity contribution in [2.45, 2.75) is 51.6 Å². The Morgan fingerprint density at radius 1 is 0.633 bits per heavy atom. The van der Waals surface area contributed by atoms with Gasteiger partial charge in [-0.2, -0.15) is 0 Å². The minimum absolute atomic E-state index is 0.224. The SMILES string of the molecule is CCC(N=C1Nc2ccccc2OC1OC(=O)/C=C/C(=O)OC1Oc2ccccc2NC1=NC(CC)N1CCN(c2ncccn2)CC1)N1CCN(c2ncccn2)CC1. The Kier molecular flexibility index (Phi) is 12.7. The van der Waals surface area contributed by atoms with Crippen LogP contribution < -0.4 is 29.9 Å². The van der Waals surface area contributed by atoms with Crippen molar-refractivity contribution in [1.29, 1.82) is 0 Å². The quantitative estimate of drug-likeness (QED) is 0.155. The predicted molar refractivity (Wildman–Crippen MR) is 225 cm³/mol. The highest BCUT2D eigenvalue weighted by Gasteiger charge is 2.34. The van der Waals surface area contributed by atoms with Crippen molar-refractivity contribution in [3.8, 4) is 11.5 Å². The standard InChI is InChI=1S/C42H48N12O6/c1-3-33(51-21-25-53(26-22-51)41-43-17-9-18-44-41)49-37-39(57-31-13-7-5-11-29(31)47-37)59-35(55)15-16-36(56)60-40-38(48-30-12-6-8-14-32(30)58-40)50-34(4-2)52-23-27-54(28-24-52)42-45-19-10-20-46-42/h5-20,33-34,39-40H,3-4,21-28H2,1-2H3,(H,47,49)(H,48,50)/b16-15+. The number of piperazine rings is 2. The molecule has 2 aromatic heterocycles. The molecule has 8 rings (SSSR count). The second-order valence-corrected chi connectivity index (χ2v) is 14.3. The molecule has 4 aliphatic rings. The summed E-state index contributed by atoms with van der Waals surface area (Å²) < 4.78 is 23.8. The van der Waals surface area contributed by atoms with Crippen LogP contribution in [0.15, 0.2) is 108 Å². The fourth-order valence-electron chi connectivity index (χ4n) is 7.39. The highest BCUT2D eigenvalue weighted by Crippen LogP contribution is 2.32. The molecule has 0 saturated carbocycles. The van der Waals surface area contributed by atoms with Crippen LogP contribution in [-0.2, 0) is 19.1 Å². The van der Waals surface area contributed by atoms with Crippen LogP contribution in [0, 0.1) is 0 Å². The number of aliphatic imine (C=N–C) groups is 2. The number of ether oxygens (including phenoxy) is 4. The number of carbonyl (C=O) groups is 2. The molecule has 312 valence electrons. The van der Waals surface area contributed by atoms with Gasteiger partial charge in [0, 0.05) is 89.3 Å². The van der Waals surface area contributed by atoms with Gasteiger partial charge in [-0.15, -0.1) is 0 Å². The highest BCUT2D eigenvalue weighted by molar-refractivity contribution is 6.04. The van der Waals surface area contributed by atoms with E-state index in [4.69, 9.17) is 28.9 Å². The van der Waals surface area contributed by atoms with E-state index in [1.807, 2.05) is 36.4 Å². The van der Waals surface area contributed by atoms with E-state index in [1.54, 1.807) is 49.1 Å². The number of hydrogen-bond donors (Lipinski definition) is 2. The first-order chi connectivity index (χ1) is 29.4. The molecule has 60 heavy (non-hydrogen) atoms. The Morgan fingerprint density at radius 2 is 1.02 bits per heavy atom. The fraction of sp³-hybridized carbons (Fsp3) is 0.381. The van der Waals surface area contributed by atoms with E-state index >= 15 is 0 Å². The van der Waals surface area contributed by atoms with Crippen molar-refractivity contribution in [1.82, 2.24) is 29.7 Å². The molecule has 6 heterocycles. The smallest absolute Gasteiger partial charge is 0.334 e. The van der Waals surface area contributed by atoms with Crippen molar-refractivity contribution in [3.05, 3.63) is 97.6 Å². The molecule has 0 radical (unpaired) electrons. The Morgan fingerprint density at radius 3 is 1.40 bits per heavy atom. The van der Waals surface area contributed by atoms with E-state index in [2.05, 4.69) is 64.0 Å². The first-order valence-electron chi connectivity index (χ1n) is 20.3. The molecule has 0 amide bonds. The maximum absolute atomic E-state index is 13.3. The van der Waals surface area contributed by atoms with Crippen LogP contribution in [-0.4, -0.2) is 131 Å². The molecule has 2 saturated heterocycles. The first kappa shape index (κ1) is 40.1. The zero-order chi connectivity index (χ0) is 41.3. The summed E-state index contributed by atoms with van der Waals surface area (Å²) in [5, 5.41) is 6.61. The first-order valence-corrected chi connectivity index (χ1v) is 20.3. The van der Waals surface area contributed by atoms with Gasteiger partial charge in [-0.3, -0.25) is 9.80 Å². The van der Waals surface area contributed by atoms with Gasteiger partial charge in [0.15, 0.2) is 11.7 Å². The second kappa shape index (κ2) is 18.9. The average molecular weight is 817 g/mol. The number of hydrogen-bond acceptors (Lipinski definition) is 16. The lowest BCUT2D eigenvalue weighted by Crippen LogP contribution is -2.51. The molecule has 2 N–H and O–H groups in total. The van der Waals surface area contributed by atoms with Crippen LogP contribution in [0.3, 0.4) is 0 Å². The molecule has 4 unspecified atom stereocenters. The normalized spacial score (nSPS) is 21.8. The summed E-state index contributed by atoms with van der Waals surface area (Å²) in [6.07, 6.45) is 7.52. The third-order valence-corrected chi connectivity index (χ3v) is 10.5. The molecule has 0 spiro atoms. The van der Waals surface area contributed by atoms with Crippen molar-refractivity contribution < 1.29 is 28.5 Å². The number of fused-ring (bicyclic) bond motifs is 2. The largest absolute Gasteiger partial charge is 0.445 e. The van der Waals surface area contributed by atoms with Crippen molar-refractivity contribution >= 4 is 46.9 Å². The van der Waals surface area contributed by atoms with Gasteiger partial charge < -0.3 is 39.4 Å². The van der Waals surface area contributed by atoms with E-state index in [1.165, 1.54) is 0 Å². The number of para-hydroxylation sites is 4. The third-order valence-electron chi connectivity index (χ3n) is 10.5. The summed E-state index contributed by atoms with van der Waals surface area (Å²) in [5.74, 6) is 1.40. The average Bonchev–Trinajstić information content (AvgIpc) is 3.30. The fourth-order valence-corrected chi connectivity index (χ4v) is 7.39. The highest BCUT2D eigenvalue weighted by atomic mass is 16.7. The van der Waals surface area contributed by atoms with Gasteiger partial charge in [0.05, 0.1) is 11.4 Å². The van der Waals surface area contributed by atoms with Crippen molar-refractivity contribution in [2.24, 2.45) is 9.98 Å². The van der Waals surface area contributed by atoms with E-state index in [0.29, 0.717) is 59.3 Å². The molecular formula is C42H48N12O6. The Bertz CT molecular complexity index is 2030. The number of aromatic nitrogens is 4. The van der Waals surface area contributed by atoms with Gasteiger partial charge in [0.25, 0.3) is 0 Å². The molecule has 0 aliphatic carbocycles. The number of esters is 2. The summed E-state index contributed by atoms with van der Waals surface area (Å²) in [6.45, 7) is 10.0. The van der Waals surface area contributed by atoms with E-state index in [9.17, 15) is 9.59 Å². The molecule has 18 heteroatoms. The lowest BCUT2D eigenvalue weighted by atomic mass is 10.2. The second-order valence-electron chi connectivity index (χ2n) is 14.3. The molecule has 2 fully saturated rings. The van der Waals surface area contributed by atoms with Crippen LogP contribution in [0.4, 0.5) is 23.3 Å². The number of amidine groups is 2. The lowest BCUT2D eigenvalue weighted by Gasteiger charge is -2.38. The summed E-state index contributed by atoms with van der Waals surface area (Å²) in [6, 6.07) is 18.3. The number of nitrogens with zero attached hydrogens (tertiary/aromatic N) is 10. The predicted octanol–water partition coefficient (Wildman–Crippen LogP) is 3.78. The van der Waals surface area contributed by atoms with Crippen LogP contribution in [0.1, 0.15) is 26.7 Å². The van der Waals surface area contributed by atoms with Crippen LogP contribution in [0.2, 0.25) is 0 Å². The molecular weight excluding hydrogens is 769 g/mol. The lowest BCUT2D eigenvalue weighted by molar-refractivity contribution is -0.152. The topological polar surface area (TPSA) is 184 Å². The number of nitrogens with one attached hydrogen (secondary N) is 2. The maximum atomic E-state index is 13.3. The molecule has 4 aliphatic heterocycles.